The van der Waals surface area contributed by atoms with Gasteiger partial charge >= 0.3 is 12.4 Å². The van der Waals surface area contributed by atoms with Gasteiger partial charge in [0.2, 0.25) is 11.8 Å². The molecule has 31 heavy (non-hydrogen) atoms. The first kappa shape index (κ1) is 21.3. The minimum atomic E-state index is -2.76. The molecule has 0 saturated carbocycles. The second kappa shape index (κ2) is 9.08. The summed E-state index contributed by atoms with van der Waals surface area (Å²) in [6, 6.07) is 0.233. The van der Waals surface area contributed by atoms with Crippen LogP contribution in [0.15, 0.2) is 16.9 Å². The van der Waals surface area contributed by atoms with Crippen molar-refractivity contribution in [3.05, 3.63) is 23.8 Å². The third kappa shape index (κ3) is 4.58. The van der Waals surface area contributed by atoms with Crippen molar-refractivity contribution in [1.82, 2.24) is 25.0 Å². The van der Waals surface area contributed by atoms with E-state index in [1.807, 2.05) is 11.8 Å². The zero-order chi connectivity index (χ0) is 22.0. The molecule has 1 amide bonds. The molecule has 0 aliphatic carbocycles. The minimum Gasteiger partial charge on any atom is -0.339 e. The fourth-order valence-electron chi connectivity index (χ4n) is 4.11. The maximum Gasteiger partial charge on any atom is 0.324 e. The number of hydrogen-bond donors (Lipinski definition) is 1. The van der Waals surface area contributed by atoms with Crippen molar-refractivity contribution in [3.8, 4) is 0 Å². The van der Waals surface area contributed by atoms with E-state index in [2.05, 4.69) is 20.1 Å². The molecule has 0 aromatic carbocycles. The van der Waals surface area contributed by atoms with Crippen LogP contribution in [0.5, 0.6) is 0 Å². The fraction of sp³-hybridized carbons (Fsp3) is 0.632. The average molecular weight is 436 g/mol. The monoisotopic (exact) mass is 436 g/mol. The molecule has 168 valence electrons. The van der Waals surface area contributed by atoms with Crippen molar-refractivity contribution in [2.45, 2.75) is 44.7 Å². The van der Waals surface area contributed by atoms with E-state index in [4.69, 9.17) is 10.3 Å². The number of rotatable bonds is 6. The van der Waals surface area contributed by atoms with Gasteiger partial charge in [0.25, 0.3) is 5.91 Å². The first-order valence-electron chi connectivity index (χ1n) is 10.5. The Bertz CT molecular complexity index is 885. The van der Waals surface area contributed by atoms with E-state index in [0.29, 0.717) is 50.5 Å². The summed E-state index contributed by atoms with van der Waals surface area (Å²) in [6.45, 7) is 5.06. The fourth-order valence-corrected chi connectivity index (χ4v) is 4.11. The molecule has 12 heteroatoms. The Morgan fingerprint density at radius 2 is 1.90 bits per heavy atom. The Hall–Kier alpha value is -2.89. The van der Waals surface area contributed by atoms with Crippen LogP contribution in [0.4, 0.5) is 20.7 Å². The first-order chi connectivity index (χ1) is 15.0. The predicted octanol–water partition coefficient (Wildman–Crippen LogP) is 1.47. The van der Waals surface area contributed by atoms with Crippen LogP contribution >= 0.6 is 0 Å². The molecule has 2 saturated heterocycles. The van der Waals surface area contributed by atoms with Crippen LogP contribution in [0, 0.1) is 0 Å². The summed E-state index contributed by atoms with van der Waals surface area (Å²) in [5.41, 5.74) is 6.37. The highest BCUT2D eigenvalue weighted by molar-refractivity contribution is 5.94. The van der Waals surface area contributed by atoms with E-state index < -0.39 is 12.2 Å². The van der Waals surface area contributed by atoms with Gasteiger partial charge in [0.1, 0.15) is 0 Å². The molecule has 0 bridgehead atoms. The Morgan fingerprint density at radius 1 is 1.23 bits per heavy atom. The van der Waals surface area contributed by atoms with Crippen LogP contribution < -0.4 is 15.5 Å². The summed E-state index contributed by atoms with van der Waals surface area (Å²) < 4.78 is 30.3. The Balaban J connectivity index is 1.36. The van der Waals surface area contributed by atoms with E-state index in [-0.39, 0.29) is 24.0 Å². The summed E-state index contributed by atoms with van der Waals surface area (Å²) in [4.78, 5) is 31.1. The van der Waals surface area contributed by atoms with Gasteiger partial charge in [0.05, 0.1) is 5.56 Å². The van der Waals surface area contributed by atoms with E-state index in [1.54, 1.807) is 22.2 Å². The average Bonchev–Trinajstić information content (AvgIpc) is 3.44. The van der Waals surface area contributed by atoms with E-state index >= 15 is 0 Å². The topological polar surface area (TPSA) is 118 Å². The summed E-state index contributed by atoms with van der Waals surface area (Å²) in [7, 11) is 0. The van der Waals surface area contributed by atoms with Gasteiger partial charge in [-0.15, -0.1) is 0 Å². The number of aromatic nitrogens is 4. The van der Waals surface area contributed by atoms with Gasteiger partial charge in [-0.3, -0.25) is 4.79 Å². The molecule has 0 radical (unpaired) electrons. The summed E-state index contributed by atoms with van der Waals surface area (Å²) in [5, 5.41) is 3.30. The van der Waals surface area contributed by atoms with Crippen LogP contribution in [-0.2, 0) is 0 Å². The Labute approximate surface area is 178 Å². The second-order valence-corrected chi connectivity index (χ2v) is 7.81. The molecule has 2 aliphatic heterocycles. The van der Waals surface area contributed by atoms with Crippen molar-refractivity contribution in [2.24, 2.45) is 5.73 Å². The normalized spacial score (nSPS) is 20.0. The van der Waals surface area contributed by atoms with Crippen LogP contribution in [0.2, 0.25) is 0 Å². The quantitative estimate of drug-likeness (QED) is 0.718. The van der Waals surface area contributed by atoms with Crippen LogP contribution in [-0.4, -0.2) is 75.7 Å². The van der Waals surface area contributed by atoms with Crippen LogP contribution in [0.3, 0.4) is 0 Å². The maximum atomic E-state index is 13.1. The Morgan fingerprint density at radius 3 is 2.45 bits per heavy atom. The van der Waals surface area contributed by atoms with Crippen molar-refractivity contribution in [1.29, 1.82) is 0 Å². The van der Waals surface area contributed by atoms with E-state index in [0.717, 1.165) is 13.0 Å². The van der Waals surface area contributed by atoms with Gasteiger partial charge in [0.15, 0.2) is 0 Å². The lowest BCUT2D eigenvalue weighted by molar-refractivity contribution is 0.0661. The first-order valence-corrected chi connectivity index (χ1v) is 10.5. The molecule has 2 N–H and O–H groups in total. The number of anilines is 2. The largest absolute Gasteiger partial charge is 0.339 e. The van der Waals surface area contributed by atoms with Gasteiger partial charge in [-0.05, 0) is 26.2 Å². The highest BCUT2D eigenvalue weighted by atomic mass is 19.3. The highest BCUT2D eigenvalue weighted by Crippen LogP contribution is 2.25. The molecule has 2 aliphatic rings. The summed E-state index contributed by atoms with van der Waals surface area (Å²) in [6.07, 6.45) is 2.60. The van der Waals surface area contributed by atoms with Crippen LogP contribution in [0.1, 0.15) is 48.8 Å². The third-order valence-electron chi connectivity index (χ3n) is 5.80. The lowest BCUT2D eigenvalue weighted by Crippen LogP contribution is -2.47. The van der Waals surface area contributed by atoms with Gasteiger partial charge in [-0.2, -0.15) is 4.98 Å². The second-order valence-electron chi connectivity index (χ2n) is 7.81. The minimum absolute atomic E-state index is 0.0162. The molecule has 2 aromatic rings. The van der Waals surface area contributed by atoms with Crippen molar-refractivity contribution in [2.75, 3.05) is 42.5 Å². The molecular formula is C19H26F2N8O2. The van der Waals surface area contributed by atoms with Gasteiger partial charge in [-0.25, -0.2) is 18.7 Å². The zero-order valence-electron chi connectivity index (χ0n) is 17.3. The number of carbonyl (C=O) groups excluding carboxylic acids is 1. The Kier molecular flexibility index (Phi) is 6.25. The summed E-state index contributed by atoms with van der Waals surface area (Å²) >= 11 is 0. The van der Waals surface area contributed by atoms with Gasteiger partial charge in [-0.1, -0.05) is 5.16 Å². The van der Waals surface area contributed by atoms with Gasteiger partial charge < -0.3 is 25.0 Å². The smallest absolute Gasteiger partial charge is 0.324 e. The van der Waals surface area contributed by atoms with Crippen molar-refractivity contribution < 1.29 is 18.1 Å². The highest BCUT2D eigenvalue weighted by Gasteiger charge is 2.30. The number of amides is 1. The SMILES string of the molecule is CCN(C(=O)c1cnc(N2CC[C@@H](N)C2)nc1)C1CCN(c2nc(C(F)F)no2)CC1. The molecule has 0 unspecified atom stereocenters. The number of alkyl halides is 2. The van der Waals surface area contributed by atoms with Gasteiger partial charge in [0, 0.05) is 57.2 Å². The number of carbonyl (C=O) groups is 1. The third-order valence-corrected chi connectivity index (χ3v) is 5.80. The molecule has 4 rings (SSSR count). The van der Waals surface area contributed by atoms with E-state index in [1.165, 1.54) is 0 Å². The number of piperidine rings is 1. The maximum absolute atomic E-state index is 13.1. The van der Waals surface area contributed by atoms with Crippen molar-refractivity contribution >= 4 is 17.9 Å². The predicted molar refractivity (Wildman–Crippen MR) is 108 cm³/mol. The molecule has 2 fully saturated rings. The van der Waals surface area contributed by atoms with Crippen LogP contribution in [0.25, 0.3) is 0 Å². The molecule has 10 nitrogen and oxygen atoms in total. The molecule has 4 heterocycles. The number of hydrogen-bond acceptors (Lipinski definition) is 9. The zero-order valence-corrected chi connectivity index (χ0v) is 17.3. The number of halogens is 2. The molecule has 1 atom stereocenters. The number of nitrogens with zero attached hydrogens (tertiary/aromatic N) is 7. The lowest BCUT2D eigenvalue weighted by atomic mass is 10.0. The molecule has 0 spiro atoms. The standard InChI is InChI=1S/C19H26F2N8O2/c1-2-29(14-4-7-27(8-5-14)19-25-16(15(20)21)26-31-19)17(30)12-9-23-18(24-10-12)28-6-3-13(22)11-28/h9-10,13-15H,2-8,11,22H2,1H3/t13-/m1/s1. The number of nitrogens with two attached hydrogens (primary N) is 1. The van der Waals surface area contributed by atoms with E-state index in [9.17, 15) is 13.6 Å². The van der Waals surface area contributed by atoms with Crippen molar-refractivity contribution in [3.63, 3.8) is 0 Å². The lowest BCUT2D eigenvalue weighted by Gasteiger charge is -2.37. The molecular weight excluding hydrogens is 410 g/mol. The molecule has 2 aromatic heterocycles. The summed E-state index contributed by atoms with van der Waals surface area (Å²) in [5.74, 6) is -0.145.